The predicted octanol–water partition coefficient (Wildman–Crippen LogP) is 0.672. The highest BCUT2D eigenvalue weighted by Crippen LogP contribution is 2.46. The molecule has 2 fully saturated rings. The molecular formula is C12H16N2O4S. The molecule has 6 nitrogen and oxygen atoms in total. The summed E-state index contributed by atoms with van der Waals surface area (Å²) >= 11 is 0. The lowest BCUT2D eigenvalue weighted by Gasteiger charge is -2.17. The number of sulfonamides is 1. The smallest absolute Gasteiger partial charge is 0.352 e. The summed E-state index contributed by atoms with van der Waals surface area (Å²) in [6.07, 6.45) is 1.13. The number of carboxylic acids is 1. The minimum Gasteiger partial charge on any atom is -0.477 e. The summed E-state index contributed by atoms with van der Waals surface area (Å²) < 4.78 is 28.0. The quantitative estimate of drug-likeness (QED) is 0.885. The van der Waals surface area contributed by atoms with Crippen LogP contribution in [0, 0.1) is 18.8 Å². The van der Waals surface area contributed by atoms with Gasteiger partial charge in [-0.3, -0.25) is 0 Å². The fourth-order valence-electron chi connectivity index (χ4n) is 2.83. The first-order chi connectivity index (χ1) is 8.82. The molecule has 0 spiro atoms. The maximum absolute atomic E-state index is 12.5. The summed E-state index contributed by atoms with van der Waals surface area (Å²) in [5.41, 5.74) is 0.471. The lowest BCUT2D eigenvalue weighted by atomic mass is 10.4. The second-order valence-electron chi connectivity index (χ2n) is 5.42. The molecule has 0 bridgehead atoms. The monoisotopic (exact) mass is 284 g/mol. The minimum atomic E-state index is -3.56. The van der Waals surface area contributed by atoms with Crippen LogP contribution in [0.5, 0.6) is 0 Å². The summed E-state index contributed by atoms with van der Waals surface area (Å²) in [6.45, 7) is 2.78. The van der Waals surface area contributed by atoms with Crippen molar-refractivity contribution in [2.24, 2.45) is 18.9 Å². The number of hydrogen-bond acceptors (Lipinski definition) is 3. The highest BCUT2D eigenvalue weighted by molar-refractivity contribution is 7.89. The van der Waals surface area contributed by atoms with E-state index in [1.807, 2.05) is 0 Å². The number of aromatic nitrogens is 1. The molecule has 1 saturated carbocycles. The maximum atomic E-state index is 12.5. The van der Waals surface area contributed by atoms with Crippen LogP contribution in [0.25, 0.3) is 0 Å². The molecule has 1 aromatic rings. The molecule has 1 aromatic heterocycles. The van der Waals surface area contributed by atoms with Gasteiger partial charge in [-0.25, -0.2) is 13.2 Å². The third kappa shape index (κ3) is 1.80. The highest BCUT2D eigenvalue weighted by atomic mass is 32.2. The molecule has 0 amide bonds. The molecule has 1 aliphatic heterocycles. The molecule has 2 unspecified atom stereocenters. The average Bonchev–Trinajstić information content (AvgIpc) is 2.80. The number of nitrogens with zero attached hydrogens (tertiary/aromatic N) is 2. The van der Waals surface area contributed by atoms with Crippen LogP contribution >= 0.6 is 0 Å². The zero-order valence-electron chi connectivity index (χ0n) is 10.8. The fraction of sp³-hybridized carbons (Fsp3) is 0.583. The average molecular weight is 284 g/mol. The Morgan fingerprint density at radius 3 is 2.42 bits per heavy atom. The molecule has 2 aliphatic rings. The number of rotatable bonds is 3. The molecule has 19 heavy (non-hydrogen) atoms. The van der Waals surface area contributed by atoms with Gasteiger partial charge in [0, 0.05) is 25.8 Å². The van der Waals surface area contributed by atoms with E-state index in [-0.39, 0.29) is 10.6 Å². The predicted molar refractivity (Wildman–Crippen MR) is 67.5 cm³/mol. The van der Waals surface area contributed by atoms with E-state index in [0.717, 1.165) is 6.42 Å². The molecule has 2 atom stereocenters. The third-order valence-corrected chi connectivity index (χ3v) is 6.22. The van der Waals surface area contributed by atoms with Crippen molar-refractivity contribution in [3.8, 4) is 0 Å². The summed E-state index contributed by atoms with van der Waals surface area (Å²) in [6, 6.07) is 1.26. The van der Waals surface area contributed by atoms with Crippen molar-refractivity contribution in [1.29, 1.82) is 0 Å². The molecule has 0 aromatic carbocycles. The van der Waals surface area contributed by atoms with Gasteiger partial charge in [0.25, 0.3) is 0 Å². The summed E-state index contributed by atoms with van der Waals surface area (Å²) in [4.78, 5) is 11.2. The number of hydrogen-bond donors (Lipinski definition) is 1. The summed E-state index contributed by atoms with van der Waals surface area (Å²) in [5.74, 6) is -0.0909. The van der Waals surface area contributed by atoms with Crippen molar-refractivity contribution < 1.29 is 18.3 Å². The van der Waals surface area contributed by atoms with Crippen LogP contribution in [0.4, 0.5) is 0 Å². The van der Waals surface area contributed by atoms with Crippen LogP contribution in [-0.4, -0.2) is 41.5 Å². The van der Waals surface area contributed by atoms with E-state index < -0.39 is 16.0 Å². The summed E-state index contributed by atoms with van der Waals surface area (Å²) in [5, 5.41) is 9.05. The van der Waals surface area contributed by atoms with Gasteiger partial charge >= 0.3 is 5.97 Å². The Bertz CT molecular complexity index is 652. The van der Waals surface area contributed by atoms with Gasteiger partial charge in [0.1, 0.15) is 10.6 Å². The molecule has 3 rings (SSSR count). The number of aromatic carboxylic acids is 1. The zero-order chi connectivity index (χ0) is 13.9. The number of carbonyl (C=O) groups is 1. The fourth-order valence-corrected chi connectivity index (χ4v) is 4.65. The van der Waals surface area contributed by atoms with Crippen molar-refractivity contribution in [2.75, 3.05) is 13.1 Å². The Labute approximate surface area is 111 Å². The van der Waals surface area contributed by atoms with Gasteiger partial charge in [-0.15, -0.1) is 0 Å². The van der Waals surface area contributed by atoms with Crippen LogP contribution < -0.4 is 0 Å². The van der Waals surface area contributed by atoms with Crippen LogP contribution in [0.2, 0.25) is 0 Å². The van der Waals surface area contributed by atoms with Gasteiger partial charge in [-0.05, 0) is 31.2 Å². The third-order valence-electron chi connectivity index (χ3n) is 4.27. The van der Waals surface area contributed by atoms with Crippen molar-refractivity contribution in [3.05, 3.63) is 17.5 Å². The number of piperidine rings is 1. The topological polar surface area (TPSA) is 79.6 Å². The molecule has 2 heterocycles. The number of carboxylic acid groups (broad SMARTS) is 1. The second kappa shape index (κ2) is 3.83. The van der Waals surface area contributed by atoms with E-state index in [9.17, 15) is 13.2 Å². The van der Waals surface area contributed by atoms with E-state index in [0.29, 0.717) is 30.6 Å². The van der Waals surface area contributed by atoms with E-state index >= 15 is 0 Å². The first-order valence-electron chi connectivity index (χ1n) is 6.22. The second-order valence-corrected chi connectivity index (χ2v) is 7.33. The standard InChI is InChI=1S/C12H16N2O4S/c1-7-11(4-10(12(15)16)13(7)2)19(17,18)14-5-8-3-9(8)6-14/h4,8-9H,3,5-6H2,1-2H3,(H,15,16). The van der Waals surface area contributed by atoms with Crippen molar-refractivity contribution in [2.45, 2.75) is 18.2 Å². The molecule has 0 radical (unpaired) electrons. The summed E-state index contributed by atoms with van der Waals surface area (Å²) in [7, 11) is -1.99. The van der Waals surface area contributed by atoms with E-state index in [2.05, 4.69) is 0 Å². The van der Waals surface area contributed by atoms with Gasteiger partial charge in [0.2, 0.25) is 10.0 Å². The van der Waals surface area contributed by atoms with Crippen molar-refractivity contribution in [3.63, 3.8) is 0 Å². The van der Waals surface area contributed by atoms with Gasteiger partial charge in [0.15, 0.2) is 0 Å². The number of fused-ring (bicyclic) bond motifs is 1. The van der Waals surface area contributed by atoms with Crippen LogP contribution in [0.15, 0.2) is 11.0 Å². The zero-order valence-corrected chi connectivity index (χ0v) is 11.6. The van der Waals surface area contributed by atoms with Crippen molar-refractivity contribution >= 4 is 16.0 Å². The van der Waals surface area contributed by atoms with Crippen LogP contribution in [0.1, 0.15) is 22.6 Å². The van der Waals surface area contributed by atoms with Crippen LogP contribution in [-0.2, 0) is 17.1 Å². The Hall–Kier alpha value is -1.34. The van der Waals surface area contributed by atoms with E-state index in [4.69, 9.17) is 5.11 Å². The molecule has 1 N–H and O–H groups in total. The van der Waals surface area contributed by atoms with Crippen molar-refractivity contribution in [1.82, 2.24) is 8.87 Å². The molecular weight excluding hydrogens is 268 g/mol. The highest BCUT2D eigenvalue weighted by Gasteiger charge is 2.49. The van der Waals surface area contributed by atoms with Gasteiger partial charge in [0.05, 0.1) is 0 Å². The first-order valence-corrected chi connectivity index (χ1v) is 7.66. The molecule has 7 heteroatoms. The van der Waals surface area contributed by atoms with Crippen LogP contribution in [0.3, 0.4) is 0 Å². The van der Waals surface area contributed by atoms with Gasteiger partial charge < -0.3 is 9.67 Å². The SMILES string of the molecule is Cc1c(S(=O)(=O)N2CC3CC3C2)cc(C(=O)O)n1C. The van der Waals surface area contributed by atoms with Gasteiger partial charge in [-0.1, -0.05) is 0 Å². The Balaban J connectivity index is 2.01. The van der Waals surface area contributed by atoms with E-state index in [1.165, 1.54) is 14.9 Å². The lowest BCUT2D eigenvalue weighted by Crippen LogP contribution is -2.30. The molecule has 104 valence electrons. The Morgan fingerprint density at radius 2 is 1.95 bits per heavy atom. The minimum absolute atomic E-state index is 0.000399. The molecule has 1 saturated heterocycles. The molecule has 1 aliphatic carbocycles. The largest absolute Gasteiger partial charge is 0.477 e. The normalized spacial score (nSPS) is 26.4. The lowest BCUT2D eigenvalue weighted by molar-refractivity contribution is 0.0686. The maximum Gasteiger partial charge on any atom is 0.352 e. The van der Waals surface area contributed by atoms with Gasteiger partial charge in [-0.2, -0.15) is 4.31 Å². The Kier molecular flexibility index (Phi) is 2.56. The Morgan fingerprint density at radius 1 is 1.37 bits per heavy atom. The van der Waals surface area contributed by atoms with E-state index in [1.54, 1.807) is 14.0 Å². The first kappa shape index (κ1) is 12.7.